The van der Waals surface area contributed by atoms with Crippen molar-refractivity contribution in [1.82, 2.24) is 4.90 Å². The number of aliphatic hydroxyl groups excluding tert-OH is 2. The molecule has 13 nitrogen and oxygen atoms in total. The molecule has 3 aliphatic carbocycles. The number of hydrogen-bond acceptors (Lipinski definition) is 11. The van der Waals surface area contributed by atoms with E-state index < -0.39 is 70.6 Å². The minimum atomic E-state index is -2.76. The largest absolute Gasteiger partial charge is 0.507 e. The van der Waals surface area contributed by atoms with Crippen LogP contribution < -0.4 is 20.7 Å². The number of nitrogens with two attached hydrogens (primary N) is 1. The number of ether oxygens (including phenoxy) is 1. The second-order valence-electron chi connectivity index (χ2n) is 12.2. The lowest BCUT2D eigenvalue weighted by molar-refractivity contribution is -0.184. The van der Waals surface area contributed by atoms with Crippen LogP contribution in [-0.2, 0) is 20.8 Å². The van der Waals surface area contributed by atoms with Crippen LogP contribution in [-0.4, -0.2) is 94.8 Å². The Morgan fingerprint density at radius 1 is 1.09 bits per heavy atom. The summed E-state index contributed by atoms with van der Waals surface area (Å²) in [6, 6.07) is 7.24. The number of hydrogen-bond donors (Lipinski definition) is 6. The number of benzene rings is 2. The molecule has 0 aliphatic heterocycles. The summed E-state index contributed by atoms with van der Waals surface area (Å²) in [7, 11) is 6.63. The number of nitrogens with zero attached hydrogens (tertiary/aromatic N) is 2. The van der Waals surface area contributed by atoms with Gasteiger partial charge in [-0.15, -0.1) is 0 Å². The van der Waals surface area contributed by atoms with Crippen molar-refractivity contribution in [1.29, 1.82) is 0 Å². The lowest BCUT2D eigenvalue weighted by Crippen LogP contribution is -2.73. The first-order valence-corrected chi connectivity index (χ1v) is 14.1. The summed E-state index contributed by atoms with van der Waals surface area (Å²) in [5.41, 5.74) is 4.05. The summed E-state index contributed by atoms with van der Waals surface area (Å²) in [4.78, 5) is 55.8. The monoisotopic (exact) mass is 608 g/mol. The molecular formula is C31H36N4O9. The Labute approximate surface area is 253 Å². The van der Waals surface area contributed by atoms with E-state index in [2.05, 4.69) is 5.32 Å². The smallest absolute Gasteiger partial charge is 0.417 e. The maximum Gasteiger partial charge on any atom is 0.417 e. The third-order valence-corrected chi connectivity index (χ3v) is 9.02. The van der Waals surface area contributed by atoms with Crippen LogP contribution in [0, 0.1) is 24.7 Å². The number of rotatable bonds is 5. The molecule has 0 bridgehead atoms. The molecule has 7 N–H and O–H groups in total. The zero-order valence-electron chi connectivity index (χ0n) is 25.0. The van der Waals surface area contributed by atoms with E-state index in [4.69, 9.17) is 10.5 Å². The van der Waals surface area contributed by atoms with Crippen LogP contribution >= 0.6 is 0 Å². The molecule has 2 aromatic rings. The van der Waals surface area contributed by atoms with E-state index in [0.29, 0.717) is 11.3 Å². The number of phenolic OH excluding ortho intramolecular Hbond substituents is 1. The number of amides is 2. The van der Waals surface area contributed by atoms with Crippen LogP contribution in [0.15, 0.2) is 35.9 Å². The predicted molar refractivity (Wildman–Crippen MR) is 159 cm³/mol. The molecule has 0 saturated heterocycles. The van der Waals surface area contributed by atoms with Gasteiger partial charge >= 0.3 is 6.09 Å². The van der Waals surface area contributed by atoms with E-state index in [1.54, 1.807) is 57.4 Å². The first kappa shape index (κ1) is 31.0. The molecular weight excluding hydrogens is 572 g/mol. The summed E-state index contributed by atoms with van der Waals surface area (Å²) >= 11 is 0. The lowest BCUT2D eigenvalue weighted by Gasteiger charge is -2.53. The second kappa shape index (κ2) is 10.9. The Bertz CT molecular complexity index is 1600. The fourth-order valence-corrected chi connectivity index (χ4v) is 7.00. The summed E-state index contributed by atoms with van der Waals surface area (Å²) in [6.45, 7) is 1.88. The molecule has 2 aromatic carbocycles. The fourth-order valence-electron chi connectivity index (χ4n) is 7.00. The fraction of sp³-hybridized carbons (Fsp3) is 0.419. The first-order chi connectivity index (χ1) is 20.6. The summed E-state index contributed by atoms with van der Waals surface area (Å²) in [5.74, 6) is -8.20. The lowest BCUT2D eigenvalue weighted by atomic mass is 9.54. The van der Waals surface area contributed by atoms with Crippen molar-refractivity contribution in [2.75, 3.05) is 38.4 Å². The molecule has 13 heteroatoms. The van der Waals surface area contributed by atoms with Gasteiger partial charge in [-0.1, -0.05) is 17.7 Å². The molecule has 234 valence electrons. The van der Waals surface area contributed by atoms with Crippen LogP contribution in [0.2, 0.25) is 0 Å². The van der Waals surface area contributed by atoms with Gasteiger partial charge in [-0.3, -0.25) is 19.7 Å². The molecule has 0 radical (unpaired) electrons. The van der Waals surface area contributed by atoms with Crippen molar-refractivity contribution in [3.63, 3.8) is 0 Å². The van der Waals surface area contributed by atoms with Gasteiger partial charge < -0.3 is 40.7 Å². The summed E-state index contributed by atoms with van der Waals surface area (Å²) in [5, 5.41) is 48.2. The number of aromatic hydroxyl groups is 1. The van der Waals surface area contributed by atoms with Crippen molar-refractivity contribution in [2.24, 2.45) is 23.5 Å². The van der Waals surface area contributed by atoms with E-state index >= 15 is 0 Å². The maximum absolute atomic E-state index is 14.1. The van der Waals surface area contributed by atoms with Crippen molar-refractivity contribution in [3.05, 3.63) is 52.6 Å². The average Bonchev–Trinajstić information content (AvgIpc) is 2.93. The number of likely N-dealkylation sites (N-methyl/N-ethyl adjacent to an activating group) is 1. The zero-order chi connectivity index (χ0) is 32.4. The maximum atomic E-state index is 14.1. The standard InChI is InChI=1S/C31H36N4O9/c1-13-6-8-15(9-7-13)44-30(42)33-18-12-19(34(2)3)16-10-14-11-17-23(35(4)5)26(38)22(29(32)41)28(40)31(17,43)27(39)20(14)25(37)21(16)24(18)36/h6-9,12,14,17,22-23,26,36-38,43H,10-11H2,1-5H3,(H2,32,41)(H,33,42)/t14-,17-,22?,23-,26?,31-/m1/s1. The van der Waals surface area contributed by atoms with E-state index in [0.717, 1.165) is 5.56 Å². The Balaban J connectivity index is 1.61. The van der Waals surface area contributed by atoms with Gasteiger partial charge in [-0.25, -0.2) is 4.79 Å². The number of primary amides is 1. The molecule has 0 heterocycles. The highest BCUT2D eigenvalue weighted by Gasteiger charge is 2.67. The molecule has 0 aromatic heterocycles. The van der Waals surface area contributed by atoms with Gasteiger partial charge in [0.15, 0.2) is 17.1 Å². The van der Waals surface area contributed by atoms with Gasteiger partial charge in [0.1, 0.15) is 17.4 Å². The molecule has 3 aliphatic rings. The first-order valence-electron chi connectivity index (χ1n) is 14.1. The Morgan fingerprint density at radius 3 is 2.30 bits per heavy atom. The number of phenols is 1. The van der Waals surface area contributed by atoms with Gasteiger partial charge in [0.25, 0.3) is 0 Å². The predicted octanol–water partition coefficient (Wildman–Crippen LogP) is 1.11. The van der Waals surface area contributed by atoms with Crippen LogP contribution in [0.1, 0.15) is 23.1 Å². The van der Waals surface area contributed by atoms with Gasteiger partial charge in [-0.05, 0) is 63.5 Å². The summed E-state index contributed by atoms with van der Waals surface area (Å²) < 4.78 is 5.32. The van der Waals surface area contributed by atoms with Crippen LogP contribution in [0.4, 0.5) is 16.2 Å². The molecule has 2 unspecified atom stereocenters. The van der Waals surface area contributed by atoms with Gasteiger partial charge in [0.05, 0.1) is 17.4 Å². The minimum absolute atomic E-state index is 0.00525. The third kappa shape index (κ3) is 4.68. The molecule has 44 heavy (non-hydrogen) atoms. The molecule has 2 fully saturated rings. The number of Topliss-reactive ketones (excluding diaryl/α,β-unsaturated/α-hetero) is 2. The van der Waals surface area contributed by atoms with Crippen molar-refractivity contribution in [3.8, 4) is 11.5 Å². The number of fused-ring (bicyclic) bond motifs is 3. The molecule has 6 atom stereocenters. The number of nitrogens with one attached hydrogen (secondary N) is 1. The number of aliphatic hydroxyl groups is 3. The average molecular weight is 609 g/mol. The molecule has 5 rings (SSSR count). The van der Waals surface area contributed by atoms with Crippen LogP contribution in [0.5, 0.6) is 11.5 Å². The highest BCUT2D eigenvalue weighted by atomic mass is 16.6. The van der Waals surface area contributed by atoms with E-state index in [9.17, 15) is 39.6 Å². The molecule has 0 spiro atoms. The number of anilines is 2. The van der Waals surface area contributed by atoms with Gasteiger partial charge in [0.2, 0.25) is 11.7 Å². The Kier molecular flexibility index (Phi) is 7.69. The molecule has 2 saturated carbocycles. The zero-order valence-corrected chi connectivity index (χ0v) is 25.0. The van der Waals surface area contributed by atoms with Crippen molar-refractivity contribution < 1.29 is 44.3 Å². The third-order valence-electron chi connectivity index (χ3n) is 9.02. The number of carbonyl (C=O) groups is 4. The quantitative estimate of drug-likeness (QED) is 0.210. The van der Waals surface area contributed by atoms with Crippen molar-refractivity contribution >= 4 is 40.7 Å². The second-order valence-corrected chi connectivity index (χ2v) is 12.2. The molecule has 2 amide bonds. The highest BCUT2D eigenvalue weighted by Crippen LogP contribution is 2.54. The van der Waals surface area contributed by atoms with Crippen molar-refractivity contribution in [2.45, 2.75) is 37.5 Å². The van der Waals surface area contributed by atoms with E-state index in [-0.39, 0.29) is 35.4 Å². The summed E-state index contributed by atoms with van der Waals surface area (Å²) in [6.07, 6.45) is -2.38. The normalized spacial score (nSPS) is 27.8. The highest BCUT2D eigenvalue weighted by molar-refractivity contribution is 6.25. The topological polar surface area (TPSA) is 203 Å². The van der Waals surface area contributed by atoms with Gasteiger partial charge in [0, 0.05) is 37.3 Å². The number of carbonyl (C=O) groups excluding carboxylic acids is 4. The van der Waals surface area contributed by atoms with Crippen LogP contribution in [0.25, 0.3) is 5.76 Å². The number of aryl methyl sites for hydroxylation is 1. The van der Waals surface area contributed by atoms with E-state index in [1.165, 1.54) is 11.0 Å². The SMILES string of the molecule is Cc1ccc(OC(=O)Nc2cc(N(C)C)c3c(c2O)C(O)=C2C(=O)[C@@]4(O)C(=O)C(C(N)=O)C(O)[C@H](N(C)C)[C@H]4C[C@H]2C3)cc1. The minimum Gasteiger partial charge on any atom is -0.507 e. The van der Waals surface area contributed by atoms with E-state index in [1.807, 2.05) is 6.92 Å². The van der Waals surface area contributed by atoms with Gasteiger partial charge in [-0.2, -0.15) is 0 Å². The van der Waals surface area contributed by atoms with Crippen LogP contribution in [0.3, 0.4) is 0 Å². The Hall–Kier alpha value is -4.46. The Morgan fingerprint density at radius 2 is 1.73 bits per heavy atom. The number of ketones is 2.